The number of amides is 2. The van der Waals surface area contributed by atoms with Crippen molar-refractivity contribution in [2.75, 3.05) is 0 Å². The van der Waals surface area contributed by atoms with Gasteiger partial charge in [-0.3, -0.25) is 20.4 Å². The highest BCUT2D eigenvalue weighted by molar-refractivity contribution is 9.10. The maximum absolute atomic E-state index is 12.8. The summed E-state index contributed by atoms with van der Waals surface area (Å²) in [7, 11) is -3.98. The van der Waals surface area contributed by atoms with E-state index in [1.54, 1.807) is 62.4 Å². The van der Waals surface area contributed by atoms with E-state index < -0.39 is 33.8 Å². The highest BCUT2D eigenvalue weighted by Crippen LogP contribution is 2.22. The molecule has 3 N–H and O–H groups in total. The minimum absolute atomic E-state index is 0.0118. The molecular formula is C25H25BrClN3O5S. The van der Waals surface area contributed by atoms with Crippen LogP contribution in [-0.4, -0.2) is 26.3 Å². The zero-order chi connectivity index (χ0) is 26.3. The highest BCUT2D eigenvalue weighted by atomic mass is 79.9. The molecule has 190 valence electrons. The molecule has 8 nitrogen and oxygen atoms in total. The molecule has 0 radical (unpaired) electrons. The van der Waals surface area contributed by atoms with Crippen LogP contribution in [0.1, 0.15) is 29.8 Å². The van der Waals surface area contributed by atoms with Crippen molar-refractivity contribution in [2.24, 2.45) is 5.92 Å². The summed E-state index contributed by atoms with van der Waals surface area (Å²) >= 11 is 9.42. The molecule has 3 aromatic carbocycles. The number of sulfonamides is 1. The van der Waals surface area contributed by atoms with E-state index in [9.17, 15) is 18.0 Å². The van der Waals surface area contributed by atoms with Crippen LogP contribution in [-0.2, 0) is 21.4 Å². The summed E-state index contributed by atoms with van der Waals surface area (Å²) in [4.78, 5) is 25.6. The third-order valence-electron chi connectivity index (χ3n) is 5.13. The molecule has 0 spiro atoms. The summed E-state index contributed by atoms with van der Waals surface area (Å²) in [5.74, 6) is -1.45. The van der Waals surface area contributed by atoms with Gasteiger partial charge in [-0.05, 0) is 48.4 Å². The quantitative estimate of drug-likeness (QED) is 0.317. The number of halogens is 2. The first-order chi connectivity index (χ1) is 17.1. The Morgan fingerprint density at radius 3 is 2.25 bits per heavy atom. The van der Waals surface area contributed by atoms with Gasteiger partial charge in [0.05, 0.1) is 10.5 Å². The second kappa shape index (κ2) is 12.4. The third kappa shape index (κ3) is 7.30. The van der Waals surface area contributed by atoms with Crippen LogP contribution in [0.15, 0.2) is 82.2 Å². The molecule has 36 heavy (non-hydrogen) atoms. The first-order valence-corrected chi connectivity index (χ1v) is 13.6. The van der Waals surface area contributed by atoms with E-state index in [1.807, 2.05) is 12.1 Å². The molecule has 11 heteroatoms. The zero-order valence-corrected chi connectivity index (χ0v) is 22.7. The predicted octanol–water partition coefficient (Wildman–Crippen LogP) is 4.45. The fourth-order valence-corrected chi connectivity index (χ4v) is 4.95. The number of para-hydroxylation sites is 1. The minimum atomic E-state index is -3.98. The van der Waals surface area contributed by atoms with Crippen LogP contribution in [0.3, 0.4) is 0 Å². The van der Waals surface area contributed by atoms with Gasteiger partial charge in [-0.1, -0.05) is 71.7 Å². The number of benzene rings is 3. The fourth-order valence-electron chi connectivity index (χ4n) is 3.16. The zero-order valence-electron chi connectivity index (χ0n) is 19.5. The molecular weight excluding hydrogens is 570 g/mol. The van der Waals surface area contributed by atoms with E-state index in [0.29, 0.717) is 10.8 Å². The number of hydrogen-bond acceptors (Lipinski definition) is 5. The minimum Gasteiger partial charge on any atom is -0.488 e. The van der Waals surface area contributed by atoms with Gasteiger partial charge in [0.1, 0.15) is 18.4 Å². The number of rotatable bonds is 9. The van der Waals surface area contributed by atoms with Gasteiger partial charge in [-0.25, -0.2) is 8.42 Å². The molecule has 0 aliphatic carbocycles. The van der Waals surface area contributed by atoms with Crippen molar-refractivity contribution in [1.82, 2.24) is 15.6 Å². The van der Waals surface area contributed by atoms with Gasteiger partial charge in [0.2, 0.25) is 10.0 Å². The molecule has 1 atom stereocenters. The Balaban J connectivity index is 1.66. The summed E-state index contributed by atoms with van der Waals surface area (Å²) in [6.07, 6.45) is 0. The lowest BCUT2D eigenvalue weighted by molar-refractivity contribution is -0.124. The van der Waals surface area contributed by atoms with Crippen molar-refractivity contribution in [3.05, 3.63) is 93.4 Å². The van der Waals surface area contributed by atoms with Crippen molar-refractivity contribution in [1.29, 1.82) is 0 Å². The Morgan fingerprint density at radius 1 is 0.944 bits per heavy atom. The third-order valence-corrected chi connectivity index (χ3v) is 7.48. The van der Waals surface area contributed by atoms with E-state index in [-0.39, 0.29) is 17.1 Å². The second-order valence-electron chi connectivity index (χ2n) is 8.12. The van der Waals surface area contributed by atoms with Crippen molar-refractivity contribution in [3.8, 4) is 5.75 Å². The van der Waals surface area contributed by atoms with Crippen molar-refractivity contribution in [3.63, 3.8) is 0 Å². The first-order valence-electron chi connectivity index (χ1n) is 10.9. The van der Waals surface area contributed by atoms with E-state index in [1.165, 1.54) is 12.1 Å². The maximum atomic E-state index is 12.8. The Hall–Kier alpha value is -2.92. The summed E-state index contributed by atoms with van der Waals surface area (Å²) in [5, 5.41) is 0.539. The summed E-state index contributed by atoms with van der Waals surface area (Å²) < 4.78 is 34.4. The number of carbonyl (C=O) groups excluding carboxylic acids is 2. The molecule has 0 aromatic heterocycles. The van der Waals surface area contributed by atoms with Crippen LogP contribution in [0.5, 0.6) is 5.75 Å². The number of nitrogens with one attached hydrogen (secondary N) is 3. The van der Waals surface area contributed by atoms with Crippen LogP contribution < -0.4 is 20.3 Å². The monoisotopic (exact) mass is 593 g/mol. The van der Waals surface area contributed by atoms with Gasteiger partial charge >= 0.3 is 0 Å². The van der Waals surface area contributed by atoms with Gasteiger partial charge in [0, 0.05) is 15.1 Å². The van der Waals surface area contributed by atoms with E-state index in [0.717, 1.165) is 10.0 Å². The van der Waals surface area contributed by atoms with Gasteiger partial charge in [0.15, 0.2) is 0 Å². The molecule has 0 heterocycles. The van der Waals surface area contributed by atoms with E-state index in [4.69, 9.17) is 16.3 Å². The molecule has 3 aromatic rings. The number of ether oxygens (including phenoxy) is 1. The smallest absolute Gasteiger partial charge is 0.273 e. The SMILES string of the molecule is CC(C)C(NS(=O)(=O)c1ccc(Br)cc1)C(=O)NNC(=O)c1ccccc1OCc1ccccc1Cl. The average Bonchev–Trinajstić information content (AvgIpc) is 2.85. The molecule has 0 fully saturated rings. The van der Waals surface area contributed by atoms with Crippen LogP contribution in [0, 0.1) is 5.92 Å². The molecule has 0 aliphatic heterocycles. The number of hydrazine groups is 1. The van der Waals surface area contributed by atoms with E-state index in [2.05, 4.69) is 31.5 Å². The Bertz CT molecular complexity index is 1330. The molecule has 0 saturated carbocycles. The summed E-state index contributed by atoms with van der Waals surface area (Å²) in [6, 6.07) is 18.6. The van der Waals surface area contributed by atoms with Gasteiger partial charge in [-0.2, -0.15) is 4.72 Å². The largest absolute Gasteiger partial charge is 0.488 e. The Morgan fingerprint density at radius 2 is 1.58 bits per heavy atom. The van der Waals surface area contributed by atoms with Gasteiger partial charge in [-0.15, -0.1) is 0 Å². The molecule has 2 amide bonds. The molecule has 1 unspecified atom stereocenters. The maximum Gasteiger partial charge on any atom is 0.273 e. The van der Waals surface area contributed by atoms with Crippen molar-refractivity contribution in [2.45, 2.75) is 31.4 Å². The van der Waals surface area contributed by atoms with Crippen molar-refractivity contribution < 1.29 is 22.7 Å². The topological polar surface area (TPSA) is 114 Å². The number of carbonyl (C=O) groups is 2. The molecule has 0 aliphatic rings. The van der Waals surface area contributed by atoms with Crippen molar-refractivity contribution >= 4 is 49.4 Å². The van der Waals surface area contributed by atoms with Crippen LogP contribution in [0.4, 0.5) is 0 Å². The molecule has 0 saturated heterocycles. The van der Waals surface area contributed by atoms with Gasteiger partial charge in [0.25, 0.3) is 11.8 Å². The lowest BCUT2D eigenvalue weighted by atomic mass is 10.1. The second-order valence-corrected chi connectivity index (χ2v) is 11.2. The first kappa shape index (κ1) is 27.7. The summed E-state index contributed by atoms with van der Waals surface area (Å²) in [5.41, 5.74) is 5.57. The standard InChI is InChI=1S/C25H25BrClN3O5S/c1-16(2)23(30-36(33,34)19-13-11-18(26)12-14-19)25(32)29-28-24(31)20-8-4-6-10-22(20)35-15-17-7-3-5-9-21(17)27/h3-14,16,23,30H,15H2,1-2H3,(H,28,31)(H,29,32). The Kier molecular flexibility index (Phi) is 9.49. The van der Waals surface area contributed by atoms with Crippen LogP contribution in [0.2, 0.25) is 5.02 Å². The number of hydrogen-bond donors (Lipinski definition) is 3. The predicted molar refractivity (Wildman–Crippen MR) is 141 cm³/mol. The van der Waals surface area contributed by atoms with E-state index >= 15 is 0 Å². The molecule has 3 rings (SSSR count). The Labute approximate surface area is 223 Å². The normalized spacial score (nSPS) is 12.1. The molecule has 0 bridgehead atoms. The lowest BCUT2D eigenvalue weighted by Gasteiger charge is -2.22. The lowest BCUT2D eigenvalue weighted by Crippen LogP contribution is -2.54. The van der Waals surface area contributed by atoms with Crippen LogP contribution in [0.25, 0.3) is 0 Å². The van der Waals surface area contributed by atoms with Gasteiger partial charge < -0.3 is 4.74 Å². The highest BCUT2D eigenvalue weighted by Gasteiger charge is 2.29. The fraction of sp³-hybridized carbons (Fsp3) is 0.200. The average molecular weight is 595 g/mol. The van der Waals surface area contributed by atoms with Crippen LogP contribution >= 0.6 is 27.5 Å². The summed E-state index contributed by atoms with van der Waals surface area (Å²) in [6.45, 7) is 3.52.